The molecule has 5 heteroatoms. The van der Waals surface area contributed by atoms with Gasteiger partial charge in [-0.15, -0.1) is 0 Å². The fourth-order valence-electron chi connectivity index (χ4n) is 1.33. The molecule has 2 aromatic rings. The summed E-state index contributed by atoms with van der Waals surface area (Å²) in [7, 11) is 0. The first kappa shape index (κ1) is 11.8. The Morgan fingerprint density at radius 3 is 2.81 bits per heavy atom. The van der Waals surface area contributed by atoms with Crippen LogP contribution in [-0.2, 0) is 6.42 Å². The number of aromatic amines is 1. The zero-order valence-corrected chi connectivity index (χ0v) is 11.4. The molecule has 1 aromatic carbocycles. The Kier molecular flexibility index (Phi) is 3.74. The fraction of sp³-hybridized carbons (Fsp3) is 0.0909. The second kappa shape index (κ2) is 5.08. The topological polar surface area (TPSA) is 28.7 Å². The molecule has 0 bridgehead atoms. The molecule has 0 unspecified atom stereocenters. The highest BCUT2D eigenvalue weighted by atomic mass is 79.9. The van der Waals surface area contributed by atoms with E-state index in [2.05, 4.69) is 25.9 Å². The summed E-state index contributed by atoms with van der Waals surface area (Å²) in [6.07, 6.45) is 2.35. The Morgan fingerprint density at radius 1 is 1.38 bits per heavy atom. The van der Waals surface area contributed by atoms with Crippen LogP contribution in [0.15, 0.2) is 34.9 Å². The summed E-state index contributed by atoms with van der Waals surface area (Å²) in [5.74, 6) is 0.807. The van der Waals surface area contributed by atoms with Gasteiger partial charge < -0.3 is 4.98 Å². The van der Waals surface area contributed by atoms with Crippen LogP contribution in [0.5, 0.6) is 0 Å². The average molecular weight is 316 g/mol. The van der Waals surface area contributed by atoms with Crippen LogP contribution in [0.4, 0.5) is 0 Å². The van der Waals surface area contributed by atoms with Crippen LogP contribution < -0.4 is 0 Å². The number of nitrogens with one attached hydrogen (secondary N) is 1. The van der Waals surface area contributed by atoms with E-state index in [-0.39, 0.29) is 0 Å². The van der Waals surface area contributed by atoms with Crippen molar-refractivity contribution in [2.75, 3.05) is 0 Å². The standard InChI is InChI=1S/C11H8BrClN2S/c12-8-6-14-10(15-11(8)16)5-7-3-1-2-4-9(7)13/h1-4,6H,5H2,(H,14,15,16). The second-order valence-corrected chi connectivity index (χ2v) is 4.94. The van der Waals surface area contributed by atoms with Gasteiger partial charge >= 0.3 is 0 Å². The number of benzene rings is 1. The molecule has 0 amide bonds. The molecule has 2 nitrogen and oxygen atoms in total. The van der Waals surface area contributed by atoms with Gasteiger partial charge in [0.25, 0.3) is 0 Å². The molecule has 16 heavy (non-hydrogen) atoms. The maximum absolute atomic E-state index is 6.07. The number of hydrogen-bond acceptors (Lipinski definition) is 2. The van der Waals surface area contributed by atoms with Gasteiger partial charge in [0.2, 0.25) is 0 Å². The van der Waals surface area contributed by atoms with Crippen LogP contribution in [-0.4, -0.2) is 9.97 Å². The lowest BCUT2D eigenvalue weighted by atomic mass is 10.1. The number of hydrogen-bond donors (Lipinski definition) is 1. The van der Waals surface area contributed by atoms with E-state index in [4.69, 9.17) is 23.8 Å². The van der Waals surface area contributed by atoms with Crippen LogP contribution in [0, 0.1) is 4.64 Å². The van der Waals surface area contributed by atoms with Crippen molar-refractivity contribution in [1.82, 2.24) is 9.97 Å². The number of aromatic nitrogens is 2. The molecular weight excluding hydrogens is 308 g/mol. The first-order valence-electron chi connectivity index (χ1n) is 4.64. The van der Waals surface area contributed by atoms with Crippen LogP contribution in [0.2, 0.25) is 5.02 Å². The number of H-pyrrole nitrogens is 1. The van der Waals surface area contributed by atoms with Gasteiger partial charge in [0.1, 0.15) is 10.5 Å². The van der Waals surface area contributed by atoms with E-state index < -0.39 is 0 Å². The predicted octanol–water partition coefficient (Wildman–Crippen LogP) is 4.15. The van der Waals surface area contributed by atoms with Gasteiger partial charge in [-0.05, 0) is 27.6 Å². The highest BCUT2D eigenvalue weighted by Crippen LogP contribution is 2.18. The lowest BCUT2D eigenvalue weighted by Gasteiger charge is -2.03. The zero-order chi connectivity index (χ0) is 11.5. The maximum Gasteiger partial charge on any atom is 0.120 e. The molecular formula is C11H8BrClN2S. The minimum Gasteiger partial charge on any atom is -0.334 e. The summed E-state index contributed by atoms with van der Waals surface area (Å²) >= 11 is 14.5. The van der Waals surface area contributed by atoms with Gasteiger partial charge in [-0.1, -0.05) is 42.0 Å². The van der Waals surface area contributed by atoms with Crippen molar-refractivity contribution in [3.05, 3.63) is 56.0 Å². The summed E-state index contributed by atoms with van der Waals surface area (Å²) in [6, 6.07) is 7.70. The molecule has 0 atom stereocenters. The van der Waals surface area contributed by atoms with Crippen molar-refractivity contribution >= 4 is 39.7 Å². The van der Waals surface area contributed by atoms with Gasteiger partial charge in [0.05, 0.1) is 4.47 Å². The monoisotopic (exact) mass is 314 g/mol. The number of nitrogens with zero attached hydrogens (tertiary/aromatic N) is 1. The zero-order valence-electron chi connectivity index (χ0n) is 8.21. The molecule has 0 fully saturated rings. The molecule has 2 rings (SSSR count). The average Bonchev–Trinajstić information content (AvgIpc) is 2.27. The molecule has 0 radical (unpaired) electrons. The molecule has 0 aliphatic rings. The Morgan fingerprint density at radius 2 is 2.12 bits per heavy atom. The molecule has 0 aliphatic carbocycles. The van der Waals surface area contributed by atoms with Crippen molar-refractivity contribution in [2.24, 2.45) is 0 Å². The third-order valence-corrected chi connectivity index (χ3v) is 3.68. The van der Waals surface area contributed by atoms with E-state index in [0.29, 0.717) is 11.1 Å². The van der Waals surface area contributed by atoms with Gasteiger partial charge in [-0.25, -0.2) is 4.98 Å². The third-order valence-electron chi connectivity index (χ3n) is 2.12. The number of rotatable bonds is 2. The Bertz CT molecular complexity index is 568. The SMILES string of the molecule is S=c1[nH]c(Cc2ccccc2Cl)ncc1Br. The van der Waals surface area contributed by atoms with Crippen molar-refractivity contribution in [3.8, 4) is 0 Å². The molecule has 0 aliphatic heterocycles. The number of halogens is 2. The maximum atomic E-state index is 6.07. The minimum absolute atomic E-state index is 0.649. The normalized spacial score (nSPS) is 10.4. The van der Waals surface area contributed by atoms with E-state index in [1.807, 2.05) is 24.3 Å². The van der Waals surface area contributed by atoms with Crippen LogP contribution in [0.1, 0.15) is 11.4 Å². The summed E-state index contributed by atoms with van der Waals surface area (Å²) in [5.41, 5.74) is 1.03. The van der Waals surface area contributed by atoms with E-state index in [1.165, 1.54) is 0 Å². The van der Waals surface area contributed by atoms with E-state index in [1.54, 1.807) is 6.20 Å². The van der Waals surface area contributed by atoms with Gasteiger partial charge in [-0.3, -0.25) is 0 Å². The van der Waals surface area contributed by atoms with Gasteiger partial charge in [-0.2, -0.15) is 0 Å². The molecule has 1 aromatic heterocycles. The molecule has 82 valence electrons. The first-order valence-corrected chi connectivity index (χ1v) is 6.22. The molecule has 0 spiro atoms. The van der Waals surface area contributed by atoms with E-state index in [9.17, 15) is 0 Å². The van der Waals surface area contributed by atoms with Crippen molar-refractivity contribution in [1.29, 1.82) is 0 Å². The van der Waals surface area contributed by atoms with Gasteiger partial charge in [0, 0.05) is 17.6 Å². The molecule has 0 saturated heterocycles. The Labute approximate surface area is 112 Å². The quantitative estimate of drug-likeness (QED) is 0.844. The third kappa shape index (κ3) is 2.70. The lowest BCUT2D eigenvalue weighted by Crippen LogP contribution is -1.97. The summed E-state index contributed by atoms with van der Waals surface area (Å²) in [5, 5.41) is 0.742. The van der Waals surface area contributed by atoms with E-state index in [0.717, 1.165) is 20.9 Å². The van der Waals surface area contributed by atoms with E-state index >= 15 is 0 Å². The van der Waals surface area contributed by atoms with Crippen molar-refractivity contribution in [2.45, 2.75) is 6.42 Å². The highest BCUT2D eigenvalue weighted by molar-refractivity contribution is 9.10. The smallest absolute Gasteiger partial charge is 0.120 e. The van der Waals surface area contributed by atoms with Crippen LogP contribution in [0.25, 0.3) is 0 Å². The van der Waals surface area contributed by atoms with Crippen molar-refractivity contribution < 1.29 is 0 Å². The predicted molar refractivity (Wildman–Crippen MR) is 71.4 cm³/mol. The summed E-state index contributed by atoms with van der Waals surface area (Å²) in [4.78, 5) is 7.30. The Hall–Kier alpha value is -0.710. The fourth-order valence-corrected chi connectivity index (χ4v) is 1.90. The van der Waals surface area contributed by atoms with Crippen LogP contribution in [0.3, 0.4) is 0 Å². The largest absolute Gasteiger partial charge is 0.334 e. The summed E-state index contributed by atoms with van der Waals surface area (Å²) in [6.45, 7) is 0. The Balaban J connectivity index is 2.31. The van der Waals surface area contributed by atoms with Gasteiger partial charge in [0.15, 0.2) is 0 Å². The highest BCUT2D eigenvalue weighted by Gasteiger charge is 2.02. The van der Waals surface area contributed by atoms with Crippen LogP contribution >= 0.6 is 39.7 Å². The lowest BCUT2D eigenvalue weighted by molar-refractivity contribution is 0.953. The minimum atomic E-state index is 0.649. The summed E-state index contributed by atoms with van der Waals surface area (Å²) < 4.78 is 1.45. The molecule has 1 heterocycles. The molecule has 0 saturated carbocycles. The first-order chi connectivity index (χ1) is 7.66. The molecule has 1 N–H and O–H groups in total. The van der Waals surface area contributed by atoms with Crippen molar-refractivity contribution in [3.63, 3.8) is 0 Å². The second-order valence-electron chi connectivity index (χ2n) is 3.28.